The Morgan fingerprint density at radius 1 is 1.67 bits per heavy atom. The van der Waals surface area contributed by atoms with Crippen LogP contribution in [0.3, 0.4) is 0 Å². The number of aliphatic hydroxyl groups excluding tert-OH is 1. The molecule has 1 N–H and O–H groups in total. The number of amides is 1. The largest absolute Gasteiger partial charge is 0.394 e. The van der Waals surface area contributed by atoms with Crippen molar-refractivity contribution in [3.05, 3.63) is 28.5 Å². The van der Waals surface area contributed by atoms with E-state index in [2.05, 4.69) is 4.98 Å². The van der Waals surface area contributed by atoms with Crippen LogP contribution in [0.25, 0.3) is 11.0 Å². The Hall–Kier alpha value is -1.41. The topological polar surface area (TPSA) is 67.1 Å². The van der Waals surface area contributed by atoms with Gasteiger partial charge in [-0.1, -0.05) is 11.6 Å². The number of hydrogen-bond donors (Lipinski definition) is 1. The lowest BCUT2D eigenvalue weighted by Gasteiger charge is -2.33. The van der Waals surface area contributed by atoms with Gasteiger partial charge in [0.05, 0.1) is 31.6 Å². The highest BCUT2D eigenvalue weighted by Crippen LogP contribution is 2.22. The Labute approximate surface area is 130 Å². The molecule has 2 aromatic rings. The number of morpholine rings is 1. The number of ether oxygens (including phenoxy) is 1. The van der Waals surface area contributed by atoms with Crippen molar-refractivity contribution in [3.8, 4) is 0 Å². The summed E-state index contributed by atoms with van der Waals surface area (Å²) in [5.41, 5.74) is 0.676. The molecule has 1 atom stereocenters. The molecule has 1 aliphatic heterocycles. The minimum absolute atomic E-state index is 0.109. The number of rotatable bonds is 3. The number of aromatic nitrogens is 2. The van der Waals surface area contributed by atoms with Gasteiger partial charge >= 0.3 is 0 Å². The molecule has 3 rings (SSSR count). The summed E-state index contributed by atoms with van der Waals surface area (Å²) < 4.78 is 7.09. The van der Waals surface area contributed by atoms with Gasteiger partial charge in [0, 0.05) is 24.2 Å². The van der Waals surface area contributed by atoms with Gasteiger partial charge in [-0.15, -0.1) is 11.3 Å². The van der Waals surface area contributed by atoms with Gasteiger partial charge in [0.1, 0.15) is 0 Å². The highest BCUT2D eigenvalue weighted by molar-refractivity contribution is 7.15. The fourth-order valence-corrected chi connectivity index (χ4v) is 3.27. The van der Waals surface area contributed by atoms with Crippen LogP contribution in [0.4, 0.5) is 0 Å². The van der Waals surface area contributed by atoms with Crippen LogP contribution in [-0.2, 0) is 9.53 Å². The van der Waals surface area contributed by atoms with Crippen molar-refractivity contribution < 1.29 is 14.6 Å². The molecule has 21 heavy (non-hydrogen) atoms. The molecule has 0 radical (unpaired) electrons. The van der Waals surface area contributed by atoms with Crippen LogP contribution in [0.1, 0.15) is 5.69 Å². The number of carbonyl (C=O) groups excluding carboxylic acids is 1. The predicted molar refractivity (Wildman–Crippen MR) is 80.5 cm³/mol. The molecule has 1 saturated heterocycles. The zero-order valence-electron chi connectivity index (χ0n) is 11.1. The Bertz CT molecular complexity index is 681. The summed E-state index contributed by atoms with van der Waals surface area (Å²) in [6.07, 6.45) is 4.97. The molecule has 6 nitrogen and oxygen atoms in total. The van der Waals surface area contributed by atoms with Crippen molar-refractivity contribution in [1.29, 1.82) is 0 Å². The molecule has 8 heteroatoms. The molecule has 0 saturated carbocycles. The second-order valence-electron chi connectivity index (χ2n) is 4.62. The number of thiazole rings is 1. The Balaban J connectivity index is 1.80. The molecule has 1 fully saturated rings. The van der Waals surface area contributed by atoms with Crippen LogP contribution in [-0.4, -0.2) is 57.7 Å². The van der Waals surface area contributed by atoms with Crippen molar-refractivity contribution in [2.24, 2.45) is 0 Å². The van der Waals surface area contributed by atoms with Crippen LogP contribution in [0.5, 0.6) is 0 Å². The molecule has 2 aromatic heterocycles. The first-order valence-electron chi connectivity index (χ1n) is 6.49. The maximum absolute atomic E-state index is 12.3. The monoisotopic (exact) mass is 327 g/mol. The van der Waals surface area contributed by atoms with Gasteiger partial charge in [0.2, 0.25) is 5.91 Å². The third-order valence-corrected chi connectivity index (χ3v) is 4.39. The average Bonchev–Trinajstić information content (AvgIpc) is 3.05. The highest BCUT2D eigenvalue weighted by Gasteiger charge is 2.25. The first-order chi connectivity index (χ1) is 10.2. The third-order valence-electron chi connectivity index (χ3n) is 3.36. The van der Waals surface area contributed by atoms with E-state index in [1.807, 2.05) is 16.0 Å². The van der Waals surface area contributed by atoms with Gasteiger partial charge in [0.25, 0.3) is 0 Å². The molecule has 0 aromatic carbocycles. The van der Waals surface area contributed by atoms with Crippen LogP contribution in [0.2, 0.25) is 5.15 Å². The zero-order chi connectivity index (χ0) is 14.8. The maximum atomic E-state index is 12.3. The second-order valence-corrected chi connectivity index (χ2v) is 5.85. The van der Waals surface area contributed by atoms with Gasteiger partial charge < -0.3 is 14.7 Å². The smallest absolute Gasteiger partial charge is 0.247 e. The summed E-state index contributed by atoms with van der Waals surface area (Å²) in [5.74, 6) is -0.168. The van der Waals surface area contributed by atoms with E-state index in [-0.39, 0.29) is 18.6 Å². The number of hydrogen-bond acceptors (Lipinski definition) is 5. The number of aliphatic hydroxyl groups is 1. The van der Waals surface area contributed by atoms with E-state index in [1.54, 1.807) is 11.0 Å². The molecule has 1 amide bonds. The van der Waals surface area contributed by atoms with Crippen molar-refractivity contribution in [2.75, 3.05) is 26.4 Å². The lowest BCUT2D eigenvalue weighted by atomic mass is 10.2. The Kier molecular flexibility index (Phi) is 4.25. The summed E-state index contributed by atoms with van der Waals surface area (Å²) in [4.78, 5) is 18.9. The van der Waals surface area contributed by atoms with Crippen LogP contribution in [0.15, 0.2) is 17.7 Å². The fourth-order valence-electron chi connectivity index (χ4n) is 2.27. The van der Waals surface area contributed by atoms with Gasteiger partial charge in [-0.3, -0.25) is 9.20 Å². The van der Waals surface area contributed by atoms with E-state index in [0.29, 0.717) is 30.6 Å². The number of nitrogens with zero attached hydrogens (tertiary/aromatic N) is 3. The summed E-state index contributed by atoms with van der Waals surface area (Å²) >= 11 is 7.55. The quantitative estimate of drug-likeness (QED) is 0.862. The van der Waals surface area contributed by atoms with E-state index < -0.39 is 0 Å². The third kappa shape index (κ3) is 2.82. The van der Waals surface area contributed by atoms with Crippen molar-refractivity contribution in [1.82, 2.24) is 14.3 Å². The minimum atomic E-state index is -0.294. The van der Waals surface area contributed by atoms with Gasteiger partial charge in [-0.25, -0.2) is 4.98 Å². The number of imidazole rings is 1. The first kappa shape index (κ1) is 14.5. The SMILES string of the molecule is O=C(/C=C/c1c(Cl)nc2sccn12)N1CCOCC1CO. The lowest BCUT2D eigenvalue weighted by Crippen LogP contribution is -2.49. The second kappa shape index (κ2) is 6.15. The maximum Gasteiger partial charge on any atom is 0.247 e. The Morgan fingerprint density at radius 3 is 3.33 bits per heavy atom. The van der Waals surface area contributed by atoms with Crippen LogP contribution < -0.4 is 0 Å². The summed E-state index contributed by atoms with van der Waals surface area (Å²) in [7, 11) is 0. The molecule has 3 heterocycles. The minimum Gasteiger partial charge on any atom is -0.394 e. The van der Waals surface area contributed by atoms with Crippen molar-refractivity contribution in [2.45, 2.75) is 6.04 Å². The number of halogens is 1. The molecular formula is C13H14ClN3O3S. The fraction of sp³-hybridized carbons (Fsp3) is 0.385. The number of carbonyl (C=O) groups is 1. The first-order valence-corrected chi connectivity index (χ1v) is 7.75. The van der Waals surface area contributed by atoms with E-state index in [1.165, 1.54) is 17.4 Å². The molecule has 0 aliphatic carbocycles. The molecular weight excluding hydrogens is 314 g/mol. The van der Waals surface area contributed by atoms with Crippen LogP contribution in [0, 0.1) is 0 Å². The van der Waals surface area contributed by atoms with Crippen molar-refractivity contribution >= 4 is 39.9 Å². The summed E-state index contributed by atoms with van der Waals surface area (Å²) in [6, 6.07) is -0.294. The molecule has 0 bridgehead atoms. The molecule has 1 unspecified atom stereocenters. The van der Waals surface area contributed by atoms with E-state index in [9.17, 15) is 9.90 Å². The van der Waals surface area contributed by atoms with E-state index in [0.717, 1.165) is 4.96 Å². The molecule has 0 spiro atoms. The van der Waals surface area contributed by atoms with Crippen LogP contribution >= 0.6 is 22.9 Å². The normalized spacial score (nSPS) is 19.7. The van der Waals surface area contributed by atoms with Crippen molar-refractivity contribution in [3.63, 3.8) is 0 Å². The standard InChI is InChI=1S/C13H14ClN3O3S/c14-12-10(17-4-6-21-13(17)15-12)1-2-11(19)16-3-5-20-8-9(16)7-18/h1-2,4,6,9,18H,3,5,7-8H2/b2-1+. The molecule has 112 valence electrons. The Morgan fingerprint density at radius 2 is 2.52 bits per heavy atom. The lowest BCUT2D eigenvalue weighted by molar-refractivity contribution is -0.136. The average molecular weight is 328 g/mol. The van der Waals surface area contributed by atoms with Gasteiger partial charge in [-0.2, -0.15) is 0 Å². The number of fused-ring (bicyclic) bond motifs is 1. The predicted octanol–water partition coefficient (Wildman–Crippen LogP) is 1.28. The summed E-state index contributed by atoms with van der Waals surface area (Å²) in [6.45, 7) is 1.21. The van der Waals surface area contributed by atoms with Gasteiger partial charge in [-0.05, 0) is 6.08 Å². The summed E-state index contributed by atoms with van der Waals surface area (Å²) in [5, 5.41) is 11.6. The molecule has 1 aliphatic rings. The van der Waals surface area contributed by atoms with E-state index in [4.69, 9.17) is 16.3 Å². The highest BCUT2D eigenvalue weighted by atomic mass is 35.5. The van der Waals surface area contributed by atoms with E-state index >= 15 is 0 Å². The zero-order valence-corrected chi connectivity index (χ0v) is 12.7. The van der Waals surface area contributed by atoms with Gasteiger partial charge in [0.15, 0.2) is 10.1 Å².